The zero-order chi connectivity index (χ0) is 11.5. The minimum absolute atomic E-state index is 0.115. The van der Waals surface area contributed by atoms with E-state index in [1.807, 2.05) is 4.90 Å². The third kappa shape index (κ3) is 2.63. The monoisotopic (exact) mass is 223 g/mol. The highest BCUT2D eigenvalue weighted by atomic mass is 16.2. The second-order valence-corrected chi connectivity index (χ2v) is 5.26. The Balaban J connectivity index is 1.90. The predicted octanol–water partition coefficient (Wildman–Crippen LogP) is 2.00. The maximum absolute atomic E-state index is 11.8. The number of Topliss-reactive ketones (excluding diaryl/α,β-unsaturated/α-hetero) is 1. The minimum Gasteiger partial charge on any atom is -0.342 e. The van der Waals surface area contributed by atoms with Gasteiger partial charge in [-0.2, -0.15) is 0 Å². The first-order valence-electron chi connectivity index (χ1n) is 6.45. The van der Waals surface area contributed by atoms with Crippen molar-refractivity contribution in [2.24, 2.45) is 11.8 Å². The van der Waals surface area contributed by atoms with Crippen LogP contribution in [0.5, 0.6) is 0 Å². The first kappa shape index (κ1) is 11.6. The number of likely N-dealkylation sites (tertiary alicyclic amines) is 1. The Labute approximate surface area is 97.2 Å². The second kappa shape index (κ2) is 4.98. The van der Waals surface area contributed by atoms with Gasteiger partial charge in [-0.1, -0.05) is 25.7 Å². The van der Waals surface area contributed by atoms with Gasteiger partial charge >= 0.3 is 0 Å². The summed E-state index contributed by atoms with van der Waals surface area (Å²) in [5.41, 5.74) is 0. The summed E-state index contributed by atoms with van der Waals surface area (Å²) >= 11 is 0. The topological polar surface area (TPSA) is 37.4 Å². The molecule has 0 aromatic heterocycles. The largest absolute Gasteiger partial charge is 0.342 e. The van der Waals surface area contributed by atoms with E-state index in [1.165, 1.54) is 25.7 Å². The number of hydrogen-bond donors (Lipinski definition) is 0. The molecule has 16 heavy (non-hydrogen) atoms. The van der Waals surface area contributed by atoms with Gasteiger partial charge < -0.3 is 4.90 Å². The quantitative estimate of drug-likeness (QED) is 0.718. The molecule has 90 valence electrons. The minimum atomic E-state index is 0.115. The fourth-order valence-electron chi connectivity index (χ4n) is 3.05. The number of hydrogen-bond acceptors (Lipinski definition) is 2. The lowest BCUT2D eigenvalue weighted by Crippen LogP contribution is -2.43. The smallest absolute Gasteiger partial charge is 0.219 e. The van der Waals surface area contributed by atoms with Crippen LogP contribution in [0.4, 0.5) is 0 Å². The van der Waals surface area contributed by atoms with Crippen LogP contribution < -0.4 is 0 Å². The number of carbonyl (C=O) groups excluding carboxylic acids is 2. The Hall–Kier alpha value is -0.860. The molecule has 0 bridgehead atoms. The third-order valence-electron chi connectivity index (χ3n) is 4.06. The van der Waals surface area contributed by atoms with Gasteiger partial charge in [0.2, 0.25) is 5.91 Å². The van der Waals surface area contributed by atoms with Gasteiger partial charge in [0.25, 0.3) is 0 Å². The molecule has 0 aromatic carbocycles. The van der Waals surface area contributed by atoms with E-state index in [-0.39, 0.29) is 11.8 Å². The van der Waals surface area contributed by atoms with Gasteiger partial charge in [0.1, 0.15) is 5.78 Å². The van der Waals surface area contributed by atoms with Crippen molar-refractivity contribution in [2.45, 2.75) is 45.4 Å². The molecule has 3 heteroatoms. The average molecular weight is 223 g/mol. The number of nitrogens with zero attached hydrogens (tertiary/aromatic N) is 1. The molecular weight excluding hydrogens is 202 g/mol. The van der Waals surface area contributed by atoms with Crippen molar-refractivity contribution >= 4 is 11.7 Å². The van der Waals surface area contributed by atoms with Crippen molar-refractivity contribution in [3.63, 3.8) is 0 Å². The zero-order valence-corrected chi connectivity index (χ0v) is 10.1. The molecule has 0 N–H and O–H groups in total. The summed E-state index contributed by atoms with van der Waals surface area (Å²) in [5.74, 6) is 1.36. The number of amides is 1. The van der Waals surface area contributed by atoms with Crippen LogP contribution in [0.15, 0.2) is 0 Å². The highest BCUT2D eigenvalue weighted by molar-refractivity contribution is 5.84. The fraction of sp³-hybridized carbons (Fsp3) is 0.846. The van der Waals surface area contributed by atoms with Crippen molar-refractivity contribution in [1.29, 1.82) is 0 Å². The van der Waals surface area contributed by atoms with Crippen molar-refractivity contribution in [2.75, 3.05) is 13.1 Å². The maximum atomic E-state index is 11.8. The number of rotatable bonds is 2. The maximum Gasteiger partial charge on any atom is 0.219 e. The molecule has 2 fully saturated rings. The van der Waals surface area contributed by atoms with E-state index >= 15 is 0 Å². The number of ketones is 1. The van der Waals surface area contributed by atoms with Gasteiger partial charge in [0, 0.05) is 32.4 Å². The van der Waals surface area contributed by atoms with Crippen LogP contribution >= 0.6 is 0 Å². The predicted molar refractivity (Wildman–Crippen MR) is 61.9 cm³/mol. The molecule has 3 nitrogen and oxygen atoms in total. The third-order valence-corrected chi connectivity index (χ3v) is 4.06. The standard InChI is InChI=1S/C13H21NO2/c1-10(15)14-7-6-13(16)12(9-14)8-11-4-2-3-5-11/h11-12H,2-9H2,1H3. The van der Waals surface area contributed by atoms with Crippen LogP contribution in [-0.2, 0) is 9.59 Å². The lowest BCUT2D eigenvalue weighted by Gasteiger charge is -2.32. The fourth-order valence-corrected chi connectivity index (χ4v) is 3.05. The SMILES string of the molecule is CC(=O)N1CCC(=O)C(CC2CCCC2)C1. The first-order valence-corrected chi connectivity index (χ1v) is 6.45. The van der Waals surface area contributed by atoms with Gasteiger partial charge in [-0.05, 0) is 12.3 Å². The van der Waals surface area contributed by atoms with Crippen molar-refractivity contribution < 1.29 is 9.59 Å². The van der Waals surface area contributed by atoms with Crippen LogP contribution in [0.2, 0.25) is 0 Å². The molecule has 1 amide bonds. The Kier molecular flexibility index (Phi) is 3.62. The molecule has 1 heterocycles. The summed E-state index contributed by atoms with van der Waals surface area (Å²) in [7, 11) is 0. The lowest BCUT2D eigenvalue weighted by atomic mass is 9.86. The van der Waals surface area contributed by atoms with Gasteiger partial charge in [-0.3, -0.25) is 9.59 Å². The highest BCUT2D eigenvalue weighted by Gasteiger charge is 2.31. The molecule has 1 saturated heterocycles. The van der Waals surface area contributed by atoms with Crippen LogP contribution in [0.25, 0.3) is 0 Å². The molecule has 1 aliphatic heterocycles. The second-order valence-electron chi connectivity index (χ2n) is 5.26. The molecule has 0 radical (unpaired) electrons. The summed E-state index contributed by atoms with van der Waals surface area (Å²) < 4.78 is 0. The average Bonchev–Trinajstić information content (AvgIpc) is 2.73. The van der Waals surface area contributed by atoms with Crippen molar-refractivity contribution in [3.8, 4) is 0 Å². The molecule has 0 spiro atoms. The Bertz CT molecular complexity index is 282. The van der Waals surface area contributed by atoms with Crippen LogP contribution in [0.3, 0.4) is 0 Å². The number of piperidine rings is 1. The van der Waals surface area contributed by atoms with E-state index in [0.717, 1.165) is 12.3 Å². The molecule has 2 aliphatic rings. The first-order chi connectivity index (χ1) is 7.66. The van der Waals surface area contributed by atoms with E-state index in [9.17, 15) is 9.59 Å². The molecule has 1 saturated carbocycles. The summed E-state index contributed by atoms with van der Waals surface area (Å²) in [5, 5.41) is 0. The Morgan fingerprint density at radius 1 is 1.38 bits per heavy atom. The van der Waals surface area contributed by atoms with Gasteiger partial charge in [0.15, 0.2) is 0 Å². The van der Waals surface area contributed by atoms with Crippen molar-refractivity contribution in [1.82, 2.24) is 4.90 Å². The van der Waals surface area contributed by atoms with Gasteiger partial charge in [0.05, 0.1) is 0 Å². The lowest BCUT2D eigenvalue weighted by molar-refractivity contribution is -0.136. The highest BCUT2D eigenvalue weighted by Crippen LogP contribution is 2.32. The summed E-state index contributed by atoms with van der Waals surface area (Å²) in [6.45, 7) is 2.91. The van der Waals surface area contributed by atoms with Crippen molar-refractivity contribution in [3.05, 3.63) is 0 Å². The normalized spacial score (nSPS) is 27.4. The molecule has 0 aromatic rings. The number of carbonyl (C=O) groups is 2. The van der Waals surface area contributed by atoms with E-state index in [2.05, 4.69) is 0 Å². The Morgan fingerprint density at radius 3 is 2.69 bits per heavy atom. The van der Waals surface area contributed by atoms with E-state index in [0.29, 0.717) is 25.3 Å². The molecular formula is C13H21NO2. The van der Waals surface area contributed by atoms with Gasteiger partial charge in [-0.25, -0.2) is 0 Å². The summed E-state index contributed by atoms with van der Waals surface area (Å²) in [6.07, 6.45) is 6.79. The van der Waals surface area contributed by atoms with Crippen LogP contribution in [-0.4, -0.2) is 29.7 Å². The van der Waals surface area contributed by atoms with Crippen LogP contribution in [0.1, 0.15) is 45.4 Å². The molecule has 1 aliphatic carbocycles. The van der Waals surface area contributed by atoms with E-state index in [1.54, 1.807) is 6.92 Å². The summed E-state index contributed by atoms with van der Waals surface area (Å²) in [4.78, 5) is 24.9. The van der Waals surface area contributed by atoms with E-state index < -0.39 is 0 Å². The van der Waals surface area contributed by atoms with Crippen LogP contribution in [0, 0.1) is 11.8 Å². The molecule has 2 rings (SSSR count). The molecule has 1 unspecified atom stereocenters. The molecule has 1 atom stereocenters. The van der Waals surface area contributed by atoms with E-state index in [4.69, 9.17) is 0 Å². The zero-order valence-electron chi connectivity index (χ0n) is 10.1. The van der Waals surface area contributed by atoms with Gasteiger partial charge in [-0.15, -0.1) is 0 Å². The summed E-state index contributed by atoms with van der Waals surface area (Å²) in [6, 6.07) is 0. The Morgan fingerprint density at radius 2 is 2.06 bits per heavy atom.